The summed E-state index contributed by atoms with van der Waals surface area (Å²) in [5, 5.41) is 8.68. The van der Waals surface area contributed by atoms with Gasteiger partial charge in [0.15, 0.2) is 5.75 Å². The van der Waals surface area contributed by atoms with E-state index in [0.717, 1.165) is 25.7 Å². The molecule has 0 aliphatic carbocycles. The zero-order chi connectivity index (χ0) is 16.0. The topological polar surface area (TPSA) is 61.2 Å². The zero-order valence-electron chi connectivity index (χ0n) is 13.8. The summed E-state index contributed by atoms with van der Waals surface area (Å²) in [4.78, 5) is 0. The molecule has 0 aliphatic heterocycles. The van der Waals surface area contributed by atoms with Crippen LogP contribution in [0.5, 0.6) is 0 Å². The molecule has 0 unspecified atom stereocenters. The maximum absolute atomic E-state index is 12.1. The fourth-order valence-electron chi connectivity index (χ4n) is 2.35. The lowest BCUT2D eigenvalue weighted by atomic mass is 10.1. The SMILES string of the molecule is CCCCCCCN(CCCCCCC)S(=O)(=O)CC#N. The van der Waals surface area contributed by atoms with Crippen molar-refractivity contribution in [2.75, 3.05) is 18.8 Å². The van der Waals surface area contributed by atoms with Crippen molar-refractivity contribution in [3.63, 3.8) is 0 Å². The van der Waals surface area contributed by atoms with Gasteiger partial charge in [-0.15, -0.1) is 0 Å². The van der Waals surface area contributed by atoms with E-state index in [0.29, 0.717) is 13.1 Å². The average Bonchev–Trinajstić information content (AvgIpc) is 2.44. The standard InChI is InChI=1S/C16H32N2O2S/c1-3-5-7-9-11-14-18(21(19,20)16-13-17)15-12-10-8-6-4-2/h3-12,14-16H2,1-2H3. The maximum Gasteiger partial charge on any atom is 0.227 e. The van der Waals surface area contributed by atoms with Gasteiger partial charge in [0.05, 0.1) is 6.07 Å². The van der Waals surface area contributed by atoms with Gasteiger partial charge in [-0.3, -0.25) is 0 Å². The molecule has 4 nitrogen and oxygen atoms in total. The lowest BCUT2D eigenvalue weighted by molar-refractivity contribution is 0.386. The molecule has 0 aromatic carbocycles. The van der Waals surface area contributed by atoms with E-state index in [2.05, 4.69) is 13.8 Å². The molecule has 0 aliphatic rings. The number of hydrogen-bond donors (Lipinski definition) is 0. The molecule has 0 atom stereocenters. The van der Waals surface area contributed by atoms with Gasteiger partial charge >= 0.3 is 0 Å². The third-order valence-electron chi connectivity index (χ3n) is 3.66. The lowest BCUT2D eigenvalue weighted by Crippen LogP contribution is -2.34. The fraction of sp³-hybridized carbons (Fsp3) is 0.938. The van der Waals surface area contributed by atoms with E-state index in [4.69, 9.17) is 5.26 Å². The minimum absolute atomic E-state index is 0.392. The predicted molar refractivity (Wildman–Crippen MR) is 88.5 cm³/mol. The van der Waals surface area contributed by atoms with Gasteiger partial charge in [0.25, 0.3) is 0 Å². The summed E-state index contributed by atoms with van der Waals surface area (Å²) < 4.78 is 25.7. The second-order valence-corrected chi connectivity index (χ2v) is 7.61. The van der Waals surface area contributed by atoms with Crippen LogP contribution in [0, 0.1) is 11.3 Å². The molecule has 124 valence electrons. The highest BCUT2D eigenvalue weighted by atomic mass is 32.2. The monoisotopic (exact) mass is 316 g/mol. The van der Waals surface area contributed by atoms with Crippen molar-refractivity contribution >= 4 is 10.0 Å². The maximum atomic E-state index is 12.1. The third kappa shape index (κ3) is 10.7. The Bertz CT molecular complexity index is 360. The van der Waals surface area contributed by atoms with Crippen LogP contribution in [0.3, 0.4) is 0 Å². The molecule has 0 bridgehead atoms. The van der Waals surface area contributed by atoms with Gasteiger partial charge in [-0.05, 0) is 12.8 Å². The van der Waals surface area contributed by atoms with Crippen LogP contribution in [-0.2, 0) is 10.0 Å². The largest absolute Gasteiger partial charge is 0.227 e. The zero-order valence-corrected chi connectivity index (χ0v) is 14.6. The van der Waals surface area contributed by atoms with Crippen LogP contribution >= 0.6 is 0 Å². The molecule has 0 radical (unpaired) electrons. The first-order valence-electron chi connectivity index (χ1n) is 8.43. The summed E-state index contributed by atoms with van der Waals surface area (Å²) in [5.41, 5.74) is 0. The van der Waals surface area contributed by atoms with E-state index in [1.54, 1.807) is 6.07 Å². The van der Waals surface area contributed by atoms with Crippen LogP contribution in [-0.4, -0.2) is 31.6 Å². The van der Waals surface area contributed by atoms with E-state index in [9.17, 15) is 8.42 Å². The van der Waals surface area contributed by atoms with Crippen LogP contribution in [0.25, 0.3) is 0 Å². The van der Waals surface area contributed by atoms with Crippen molar-refractivity contribution in [2.45, 2.75) is 78.1 Å². The van der Waals surface area contributed by atoms with E-state index < -0.39 is 15.8 Å². The summed E-state index contributed by atoms with van der Waals surface area (Å²) in [6.07, 6.45) is 11.1. The number of nitriles is 1. The Balaban J connectivity index is 4.19. The molecule has 0 heterocycles. The van der Waals surface area contributed by atoms with Crippen molar-refractivity contribution in [1.29, 1.82) is 5.26 Å². The molecule has 0 spiro atoms. The van der Waals surface area contributed by atoms with Crippen molar-refractivity contribution < 1.29 is 8.42 Å². The van der Waals surface area contributed by atoms with Crippen LogP contribution in [0.1, 0.15) is 78.1 Å². The van der Waals surface area contributed by atoms with Crippen molar-refractivity contribution in [3.05, 3.63) is 0 Å². The number of hydrogen-bond acceptors (Lipinski definition) is 3. The van der Waals surface area contributed by atoms with Gasteiger partial charge in [0.1, 0.15) is 0 Å². The first-order chi connectivity index (χ1) is 10.1. The summed E-state index contributed by atoms with van der Waals surface area (Å²) in [5.74, 6) is -0.392. The Hall–Kier alpha value is -0.600. The van der Waals surface area contributed by atoms with Gasteiger partial charge in [-0.25, -0.2) is 12.7 Å². The highest BCUT2D eigenvalue weighted by Gasteiger charge is 2.20. The highest BCUT2D eigenvalue weighted by Crippen LogP contribution is 2.11. The molecular weight excluding hydrogens is 284 g/mol. The van der Waals surface area contributed by atoms with Crippen molar-refractivity contribution in [1.82, 2.24) is 4.31 Å². The molecule has 5 heteroatoms. The fourth-order valence-corrected chi connectivity index (χ4v) is 3.51. The van der Waals surface area contributed by atoms with Crippen LogP contribution in [0.4, 0.5) is 0 Å². The van der Waals surface area contributed by atoms with Gasteiger partial charge in [-0.2, -0.15) is 5.26 Å². The molecule has 0 saturated carbocycles. The number of sulfonamides is 1. The van der Waals surface area contributed by atoms with Gasteiger partial charge in [-0.1, -0.05) is 65.2 Å². The van der Waals surface area contributed by atoms with Crippen LogP contribution in [0.2, 0.25) is 0 Å². The van der Waals surface area contributed by atoms with Crippen LogP contribution in [0.15, 0.2) is 0 Å². The molecule has 0 fully saturated rings. The Morgan fingerprint density at radius 1 is 0.810 bits per heavy atom. The number of unbranched alkanes of at least 4 members (excludes halogenated alkanes) is 8. The minimum Gasteiger partial charge on any atom is -0.211 e. The average molecular weight is 317 g/mol. The Labute approximate surface area is 131 Å². The second kappa shape index (κ2) is 13.1. The first kappa shape index (κ1) is 20.4. The Morgan fingerprint density at radius 3 is 1.62 bits per heavy atom. The Morgan fingerprint density at radius 2 is 1.24 bits per heavy atom. The smallest absolute Gasteiger partial charge is 0.211 e. The molecule has 0 aromatic rings. The Kier molecular flexibility index (Phi) is 12.7. The second-order valence-electron chi connectivity index (χ2n) is 5.64. The quantitative estimate of drug-likeness (QED) is 0.454. The van der Waals surface area contributed by atoms with Crippen LogP contribution < -0.4 is 0 Å². The van der Waals surface area contributed by atoms with E-state index >= 15 is 0 Å². The third-order valence-corrected chi connectivity index (χ3v) is 5.31. The molecule has 0 amide bonds. The molecule has 0 saturated heterocycles. The predicted octanol–water partition coefficient (Wildman–Crippen LogP) is 4.08. The number of rotatable bonds is 14. The van der Waals surface area contributed by atoms with Gasteiger partial charge < -0.3 is 0 Å². The molecule has 0 rings (SSSR count). The van der Waals surface area contributed by atoms with Crippen molar-refractivity contribution in [2.24, 2.45) is 0 Å². The molecule has 21 heavy (non-hydrogen) atoms. The lowest BCUT2D eigenvalue weighted by Gasteiger charge is -2.20. The summed E-state index contributed by atoms with van der Waals surface area (Å²) in [7, 11) is -3.39. The van der Waals surface area contributed by atoms with E-state index in [1.165, 1.54) is 42.8 Å². The highest BCUT2D eigenvalue weighted by molar-refractivity contribution is 7.89. The first-order valence-corrected chi connectivity index (χ1v) is 10.0. The van der Waals surface area contributed by atoms with Crippen molar-refractivity contribution in [3.8, 4) is 6.07 Å². The number of nitrogens with zero attached hydrogens (tertiary/aromatic N) is 2. The molecular formula is C16H32N2O2S. The summed E-state index contributed by atoms with van der Waals surface area (Å²) >= 11 is 0. The van der Waals surface area contributed by atoms with Gasteiger partial charge in [0, 0.05) is 13.1 Å². The molecule has 0 aromatic heterocycles. The summed E-state index contributed by atoms with van der Waals surface area (Å²) in [6.45, 7) is 5.48. The van der Waals surface area contributed by atoms with E-state index in [-0.39, 0.29) is 0 Å². The van der Waals surface area contributed by atoms with Gasteiger partial charge in [0.2, 0.25) is 10.0 Å². The molecule has 0 N–H and O–H groups in total. The minimum atomic E-state index is -3.39. The summed E-state index contributed by atoms with van der Waals surface area (Å²) in [6, 6.07) is 1.78. The normalized spacial score (nSPS) is 11.7. The van der Waals surface area contributed by atoms with E-state index in [1.807, 2.05) is 0 Å².